The van der Waals surface area contributed by atoms with Gasteiger partial charge in [-0.15, -0.1) is 12.4 Å². The predicted octanol–water partition coefficient (Wildman–Crippen LogP) is 3.15. The number of benzene rings is 1. The van der Waals surface area contributed by atoms with Gasteiger partial charge in [0.25, 0.3) is 0 Å². The van der Waals surface area contributed by atoms with Crippen molar-refractivity contribution in [3.8, 4) is 0 Å². The third kappa shape index (κ3) is 4.55. The van der Waals surface area contributed by atoms with E-state index < -0.39 is 17.9 Å². The summed E-state index contributed by atoms with van der Waals surface area (Å²) in [5.74, 6) is -5.34. The predicted molar refractivity (Wildman–Crippen MR) is 85.8 cm³/mol. The summed E-state index contributed by atoms with van der Waals surface area (Å²) in [7, 11) is 0. The van der Waals surface area contributed by atoms with E-state index in [4.69, 9.17) is 5.73 Å². The fourth-order valence-electron chi connectivity index (χ4n) is 2.04. The van der Waals surface area contributed by atoms with E-state index in [0.29, 0.717) is 0 Å². The molecular weight excluding hydrogens is 314 g/mol. The van der Waals surface area contributed by atoms with E-state index in [1.807, 2.05) is 13.8 Å². The first-order valence-corrected chi connectivity index (χ1v) is 7.03. The molecule has 22 heavy (non-hydrogen) atoms. The smallest absolute Gasteiger partial charge is 0.379 e. The molecular formula is C15H23ClF2N2O2. The molecule has 0 aromatic heterocycles. The summed E-state index contributed by atoms with van der Waals surface area (Å²) in [5, 5.41) is 0. The number of carbonyl (C=O) groups is 1. The van der Waals surface area contributed by atoms with Gasteiger partial charge < -0.3 is 15.4 Å². The van der Waals surface area contributed by atoms with Crippen LogP contribution in [0.4, 0.5) is 14.5 Å². The number of esters is 1. The van der Waals surface area contributed by atoms with E-state index in [1.165, 1.54) is 19.1 Å². The van der Waals surface area contributed by atoms with Crippen LogP contribution in [0.3, 0.4) is 0 Å². The highest BCUT2D eigenvalue weighted by Crippen LogP contribution is 2.31. The maximum Gasteiger partial charge on any atom is 0.379 e. The van der Waals surface area contributed by atoms with Crippen molar-refractivity contribution in [3.05, 3.63) is 29.8 Å². The molecule has 0 heterocycles. The lowest BCUT2D eigenvalue weighted by molar-refractivity contribution is -0.174. The van der Waals surface area contributed by atoms with Crippen LogP contribution in [-0.4, -0.2) is 31.6 Å². The van der Waals surface area contributed by atoms with Crippen LogP contribution in [0.5, 0.6) is 0 Å². The Morgan fingerprint density at radius 3 is 2.14 bits per heavy atom. The molecule has 0 radical (unpaired) electrons. The molecule has 4 nitrogen and oxygen atoms in total. The molecule has 0 unspecified atom stereocenters. The number of rotatable bonds is 7. The number of anilines is 1. The molecule has 126 valence electrons. The molecule has 0 aliphatic carbocycles. The third-order valence-corrected chi connectivity index (χ3v) is 3.32. The maximum absolute atomic E-state index is 13.9. The summed E-state index contributed by atoms with van der Waals surface area (Å²) in [5.41, 5.74) is 6.66. The van der Waals surface area contributed by atoms with E-state index in [9.17, 15) is 13.6 Å². The van der Waals surface area contributed by atoms with E-state index in [2.05, 4.69) is 9.64 Å². The lowest BCUT2D eigenvalue weighted by Gasteiger charge is -2.24. The number of hydrogen-bond acceptors (Lipinski definition) is 4. The quantitative estimate of drug-likeness (QED) is 0.777. The van der Waals surface area contributed by atoms with Gasteiger partial charge in [0.2, 0.25) is 0 Å². The Hall–Kier alpha value is -1.40. The van der Waals surface area contributed by atoms with Crippen molar-refractivity contribution < 1.29 is 18.3 Å². The van der Waals surface area contributed by atoms with Crippen LogP contribution in [0.15, 0.2) is 24.3 Å². The zero-order chi connectivity index (χ0) is 16.0. The molecule has 0 aliphatic rings. The van der Waals surface area contributed by atoms with Crippen molar-refractivity contribution in [2.45, 2.75) is 32.7 Å². The van der Waals surface area contributed by atoms with Gasteiger partial charge in [-0.1, -0.05) is 12.1 Å². The van der Waals surface area contributed by atoms with Gasteiger partial charge in [-0.3, -0.25) is 0 Å². The molecule has 1 aromatic rings. The average Bonchev–Trinajstić information content (AvgIpc) is 2.48. The highest BCUT2D eigenvalue weighted by atomic mass is 35.5. The molecule has 0 bridgehead atoms. The topological polar surface area (TPSA) is 55.6 Å². The van der Waals surface area contributed by atoms with Crippen LogP contribution in [0.2, 0.25) is 0 Å². The molecule has 7 heteroatoms. The van der Waals surface area contributed by atoms with E-state index in [1.54, 1.807) is 12.1 Å². The molecule has 0 saturated carbocycles. The molecule has 0 fully saturated rings. The fraction of sp³-hybridized carbons (Fsp3) is 0.533. The summed E-state index contributed by atoms with van der Waals surface area (Å²) in [4.78, 5) is 13.4. The second-order valence-electron chi connectivity index (χ2n) is 4.58. The molecule has 0 spiro atoms. The number of nitrogens with two attached hydrogens (primary N) is 1. The summed E-state index contributed by atoms with van der Waals surface area (Å²) in [6.45, 7) is 7.03. The Bertz CT molecular complexity index is 465. The molecule has 1 aromatic carbocycles. The largest absolute Gasteiger partial charge is 0.462 e. The van der Waals surface area contributed by atoms with Crippen molar-refractivity contribution >= 4 is 24.1 Å². The van der Waals surface area contributed by atoms with Crippen molar-refractivity contribution in [3.63, 3.8) is 0 Å². The Morgan fingerprint density at radius 2 is 1.73 bits per heavy atom. The van der Waals surface area contributed by atoms with Crippen LogP contribution in [-0.2, 0) is 9.53 Å². The normalized spacial score (nSPS) is 12.3. The highest BCUT2D eigenvalue weighted by molar-refractivity contribution is 5.85. The van der Waals surface area contributed by atoms with Gasteiger partial charge in [-0.25, -0.2) is 4.79 Å². The van der Waals surface area contributed by atoms with E-state index in [0.717, 1.165) is 18.8 Å². The standard InChI is InChI=1S/C15H22F2N2O2.ClH/c1-4-19(5-2)12-9-7-11(8-10-12)13(18)15(16,17)14(20)21-6-3;/h7-10,13H,4-6,18H2,1-3H3;1H/t13-;/m1./s1. The molecule has 1 atom stereocenters. The first-order valence-electron chi connectivity index (χ1n) is 7.03. The molecule has 0 amide bonds. The van der Waals surface area contributed by atoms with Gasteiger partial charge in [-0.2, -0.15) is 8.78 Å². The minimum absolute atomic E-state index is 0. The number of hydrogen-bond donors (Lipinski definition) is 1. The number of halogens is 3. The van der Waals surface area contributed by atoms with E-state index in [-0.39, 0.29) is 24.6 Å². The molecule has 2 N–H and O–H groups in total. The lowest BCUT2D eigenvalue weighted by atomic mass is 10.0. The van der Waals surface area contributed by atoms with Gasteiger partial charge in [-0.05, 0) is 38.5 Å². The highest BCUT2D eigenvalue weighted by Gasteiger charge is 2.47. The molecule has 0 aliphatic heterocycles. The first-order chi connectivity index (χ1) is 9.88. The van der Waals surface area contributed by atoms with Gasteiger partial charge >= 0.3 is 11.9 Å². The van der Waals surface area contributed by atoms with Crippen LogP contribution >= 0.6 is 12.4 Å². The number of nitrogens with zero attached hydrogens (tertiary/aromatic N) is 1. The second-order valence-corrected chi connectivity index (χ2v) is 4.58. The SMILES string of the molecule is CCOC(=O)C(F)(F)[C@H](N)c1ccc(N(CC)CC)cc1.Cl. The third-order valence-electron chi connectivity index (χ3n) is 3.32. The van der Waals surface area contributed by atoms with Crippen molar-refractivity contribution in [2.24, 2.45) is 5.73 Å². The van der Waals surface area contributed by atoms with E-state index >= 15 is 0 Å². The van der Waals surface area contributed by atoms with Crippen molar-refractivity contribution in [2.75, 3.05) is 24.6 Å². The van der Waals surface area contributed by atoms with Gasteiger partial charge in [0, 0.05) is 18.8 Å². The summed E-state index contributed by atoms with van der Waals surface area (Å²) in [6, 6.07) is 4.77. The summed E-state index contributed by atoms with van der Waals surface area (Å²) < 4.78 is 32.1. The molecule has 1 rings (SSSR count). The summed E-state index contributed by atoms with van der Waals surface area (Å²) in [6.07, 6.45) is 0. The zero-order valence-corrected chi connectivity index (χ0v) is 13.8. The van der Waals surface area contributed by atoms with Gasteiger partial charge in [0.1, 0.15) is 6.04 Å². The summed E-state index contributed by atoms with van der Waals surface area (Å²) >= 11 is 0. The Labute approximate surface area is 136 Å². The monoisotopic (exact) mass is 336 g/mol. The Balaban J connectivity index is 0.00000441. The second kappa shape index (κ2) is 8.90. The van der Waals surface area contributed by atoms with Crippen LogP contribution in [0.25, 0.3) is 0 Å². The number of carbonyl (C=O) groups excluding carboxylic acids is 1. The first kappa shape index (κ1) is 20.6. The Kier molecular flexibility index (Phi) is 8.34. The minimum Gasteiger partial charge on any atom is -0.462 e. The minimum atomic E-state index is -3.74. The van der Waals surface area contributed by atoms with Crippen LogP contribution in [0.1, 0.15) is 32.4 Å². The van der Waals surface area contributed by atoms with Crippen LogP contribution in [0, 0.1) is 0 Å². The fourth-order valence-corrected chi connectivity index (χ4v) is 2.04. The van der Waals surface area contributed by atoms with Crippen molar-refractivity contribution in [1.29, 1.82) is 0 Å². The maximum atomic E-state index is 13.9. The van der Waals surface area contributed by atoms with Gasteiger partial charge in [0.15, 0.2) is 0 Å². The lowest BCUT2D eigenvalue weighted by Crippen LogP contribution is -2.41. The van der Waals surface area contributed by atoms with Crippen molar-refractivity contribution in [1.82, 2.24) is 0 Å². The average molecular weight is 337 g/mol. The Morgan fingerprint density at radius 1 is 1.23 bits per heavy atom. The number of ether oxygens (including phenoxy) is 1. The zero-order valence-electron chi connectivity index (χ0n) is 13.0. The van der Waals surface area contributed by atoms with Gasteiger partial charge in [0.05, 0.1) is 6.61 Å². The van der Waals surface area contributed by atoms with Crippen LogP contribution < -0.4 is 10.6 Å². The number of alkyl halides is 2. The molecule has 0 saturated heterocycles.